The van der Waals surface area contributed by atoms with Crippen LogP contribution in [0, 0.1) is 0 Å². The molecule has 0 saturated heterocycles. The van der Waals surface area contributed by atoms with Crippen LogP contribution >= 0.6 is 0 Å². The van der Waals surface area contributed by atoms with Crippen molar-refractivity contribution >= 4 is 9.84 Å². The van der Waals surface area contributed by atoms with E-state index in [-0.39, 0.29) is 9.79 Å². The summed E-state index contributed by atoms with van der Waals surface area (Å²) in [5.74, 6) is -0.480. The van der Waals surface area contributed by atoms with Crippen LogP contribution in [0.2, 0.25) is 0 Å². The minimum atomic E-state index is -3.68. The predicted octanol–water partition coefficient (Wildman–Crippen LogP) is 2.66. The van der Waals surface area contributed by atoms with E-state index in [1.165, 1.54) is 36.4 Å². The van der Waals surface area contributed by atoms with Crippen LogP contribution in [-0.2, 0) is 14.9 Å². The first-order valence-electron chi connectivity index (χ1n) is 4.68. The molecular formula is C12H9O3S. The van der Waals surface area contributed by atoms with Gasteiger partial charge in [-0.3, -0.25) is 5.11 Å². The molecule has 0 aliphatic rings. The van der Waals surface area contributed by atoms with E-state index in [2.05, 4.69) is 0 Å². The summed E-state index contributed by atoms with van der Waals surface area (Å²) in [6, 6.07) is 13.6. The molecule has 0 heterocycles. The van der Waals surface area contributed by atoms with Crippen molar-refractivity contribution in [1.29, 1.82) is 0 Å². The maximum absolute atomic E-state index is 12.1. The number of benzene rings is 2. The van der Waals surface area contributed by atoms with E-state index >= 15 is 0 Å². The van der Waals surface area contributed by atoms with Crippen molar-refractivity contribution in [2.45, 2.75) is 9.79 Å². The molecule has 1 radical (unpaired) electrons. The first kappa shape index (κ1) is 10.7. The standard InChI is InChI=1S/C12H9O3S/c13-11-8-4-5-9-12(11)16(14,15)10-6-2-1-3-7-10/h1-9H. The molecule has 0 aromatic heterocycles. The summed E-state index contributed by atoms with van der Waals surface area (Å²) in [4.78, 5) is -0.0421. The Morgan fingerprint density at radius 2 is 1.31 bits per heavy atom. The van der Waals surface area contributed by atoms with Crippen LogP contribution in [-0.4, -0.2) is 8.42 Å². The highest BCUT2D eigenvalue weighted by Gasteiger charge is 2.21. The van der Waals surface area contributed by atoms with Gasteiger partial charge in [0.25, 0.3) is 0 Å². The van der Waals surface area contributed by atoms with Crippen LogP contribution in [0.15, 0.2) is 64.4 Å². The third kappa shape index (κ3) is 1.79. The summed E-state index contributed by atoms with van der Waals surface area (Å²) in [5.41, 5.74) is 0. The fourth-order valence-electron chi connectivity index (χ4n) is 1.40. The molecule has 0 aliphatic carbocycles. The number of rotatable bonds is 2. The van der Waals surface area contributed by atoms with E-state index in [1.807, 2.05) is 0 Å². The molecule has 0 bridgehead atoms. The molecular weight excluding hydrogens is 224 g/mol. The summed E-state index contributed by atoms with van der Waals surface area (Å²) in [6.07, 6.45) is 0. The normalized spacial score (nSPS) is 11.2. The van der Waals surface area contributed by atoms with E-state index in [9.17, 15) is 13.5 Å². The fraction of sp³-hybridized carbons (Fsp3) is 0. The fourth-order valence-corrected chi connectivity index (χ4v) is 2.76. The Bertz CT molecular complexity index is 589. The Kier molecular flexibility index (Phi) is 2.66. The molecule has 2 aromatic carbocycles. The minimum absolute atomic E-state index is 0.137. The maximum Gasteiger partial charge on any atom is 0.210 e. The predicted molar refractivity (Wildman–Crippen MR) is 58.5 cm³/mol. The topological polar surface area (TPSA) is 54.0 Å². The Labute approximate surface area is 93.9 Å². The lowest BCUT2D eigenvalue weighted by molar-refractivity contribution is 0.343. The first-order valence-corrected chi connectivity index (χ1v) is 6.17. The molecule has 0 unspecified atom stereocenters. The number of sulfone groups is 1. The molecule has 0 spiro atoms. The average molecular weight is 233 g/mol. The molecule has 0 amide bonds. The second-order valence-electron chi connectivity index (χ2n) is 3.26. The van der Waals surface area contributed by atoms with Crippen molar-refractivity contribution in [3.8, 4) is 5.75 Å². The van der Waals surface area contributed by atoms with E-state index in [1.54, 1.807) is 18.2 Å². The summed E-state index contributed by atoms with van der Waals surface area (Å²) < 4.78 is 24.1. The largest absolute Gasteiger partial charge is 0.288 e. The molecule has 4 heteroatoms. The molecule has 0 saturated carbocycles. The highest BCUT2D eigenvalue weighted by Crippen LogP contribution is 2.28. The van der Waals surface area contributed by atoms with Crippen LogP contribution < -0.4 is 0 Å². The van der Waals surface area contributed by atoms with Crippen molar-refractivity contribution in [2.75, 3.05) is 0 Å². The van der Waals surface area contributed by atoms with Gasteiger partial charge in [0.2, 0.25) is 9.84 Å². The maximum atomic E-state index is 12.1. The van der Waals surface area contributed by atoms with Crippen LogP contribution in [0.3, 0.4) is 0 Å². The monoisotopic (exact) mass is 233 g/mol. The minimum Gasteiger partial charge on any atom is -0.288 e. The van der Waals surface area contributed by atoms with Gasteiger partial charge in [0, 0.05) is 0 Å². The summed E-state index contributed by atoms with van der Waals surface area (Å²) in [7, 11) is -3.68. The lowest BCUT2D eigenvalue weighted by Gasteiger charge is -2.04. The zero-order valence-electron chi connectivity index (χ0n) is 8.33. The third-order valence-electron chi connectivity index (χ3n) is 2.19. The molecule has 16 heavy (non-hydrogen) atoms. The van der Waals surface area contributed by atoms with Gasteiger partial charge < -0.3 is 0 Å². The van der Waals surface area contributed by atoms with E-state index in [4.69, 9.17) is 0 Å². The van der Waals surface area contributed by atoms with Crippen molar-refractivity contribution in [2.24, 2.45) is 0 Å². The second kappa shape index (κ2) is 3.98. The lowest BCUT2D eigenvalue weighted by atomic mass is 10.3. The number of para-hydroxylation sites is 1. The second-order valence-corrected chi connectivity index (χ2v) is 5.18. The number of hydrogen-bond acceptors (Lipinski definition) is 2. The molecule has 0 N–H and O–H groups in total. The van der Waals surface area contributed by atoms with Crippen molar-refractivity contribution in [3.63, 3.8) is 0 Å². The Hall–Kier alpha value is -1.81. The third-order valence-corrected chi connectivity index (χ3v) is 4.00. The molecule has 2 aromatic rings. The van der Waals surface area contributed by atoms with Crippen LogP contribution in [0.25, 0.3) is 0 Å². The Morgan fingerprint density at radius 1 is 0.750 bits per heavy atom. The quantitative estimate of drug-likeness (QED) is 0.800. The van der Waals surface area contributed by atoms with Gasteiger partial charge in [0.05, 0.1) is 4.90 Å². The van der Waals surface area contributed by atoms with Gasteiger partial charge in [-0.05, 0) is 24.3 Å². The van der Waals surface area contributed by atoms with E-state index in [0.717, 1.165) is 0 Å². The molecule has 0 atom stereocenters. The SMILES string of the molecule is [O]c1ccccc1S(=O)(=O)c1ccccc1. The molecule has 0 fully saturated rings. The molecule has 0 aliphatic heterocycles. The van der Waals surface area contributed by atoms with E-state index in [0.29, 0.717) is 0 Å². The van der Waals surface area contributed by atoms with Crippen molar-refractivity contribution in [1.82, 2.24) is 0 Å². The molecule has 2 rings (SSSR count). The zero-order chi connectivity index (χ0) is 11.6. The van der Waals surface area contributed by atoms with Crippen molar-refractivity contribution in [3.05, 3.63) is 54.6 Å². The summed E-state index contributed by atoms with van der Waals surface area (Å²) >= 11 is 0. The summed E-state index contributed by atoms with van der Waals surface area (Å²) in [6.45, 7) is 0. The van der Waals surface area contributed by atoms with Crippen LogP contribution in [0.1, 0.15) is 0 Å². The Balaban J connectivity index is 2.62. The molecule has 81 valence electrons. The van der Waals surface area contributed by atoms with Gasteiger partial charge in [0.15, 0.2) is 5.75 Å². The number of hydrogen-bond donors (Lipinski definition) is 0. The summed E-state index contributed by atoms with van der Waals surface area (Å²) in [5, 5.41) is 11.5. The average Bonchev–Trinajstić information content (AvgIpc) is 2.30. The van der Waals surface area contributed by atoms with Crippen molar-refractivity contribution < 1.29 is 13.5 Å². The molecule has 3 nitrogen and oxygen atoms in total. The van der Waals surface area contributed by atoms with Gasteiger partial charge >= 0.3 is 0 Å². The lowest BCUT2D eigenvalue weighted by Crippen LogP contribution is -2.01. The van der Waals surface area contributed by atoms with Gasteiger partial charge in [-0.15, -0.1) is 0 Å². The van der Waals surface area contributed by atoms with Gasteiger partial charge in [0.1, 0.15) is 4.90 Å². The van der Waals surface area contributed by atoms with Gasteiger partial charge in [-0.1, -0.05) is 30.3 Å². The van der Waals surface area contributed by atoms with E-state index < -0.39 is 15.6 Å². The smallest absolute Gasteiger partial charge is 0.210 e. The van der Waals surface area contributed by atoms with Gasteiger partial charge in [-0.25, -0.2) is 8.42 Å². The van der Waals surface area contributed by atoms with Gasteiger partial charge in [-0.2, -0.15) is 0 Å². The Morgan fingerprint density at radius 3 is 1.94 bits per heavy atom. The highest BCUT2D eigenvalue weighted by molar-refractivity contribution is 7.91. The zero-order valence-corrected chi connectivity index (χ0v) is 9.15. The first-order chi connectivity index (χ1) is 7.62. The van der Waals surface area contributed by atoms with Crippen LogP contribution in [0.5, 0.6) is 5.75 Å². The highest BCUT2D eigenvalue weighted by atomic mass is 32.2. The van der Waals surface area contributed by atoms with Crippen LogP contribution in [0.4, 0.5) is 0 Å².